The maximum absolute atomic E-state index is 14.6. The van der Waals surface area contributed by atoms with E-state index in [9.17, 15) is 167 Å². The third kappa shape index (κ3) is 43.1. The average molecular weight is 2170 g/mol. The predicted octanol–water partition coefficient (Wildman–Crippen LogP) is -1.56. The van der Waals surface area contributed by atoms with Crippen LogP contribution < -0.4 is 14.2 Å². The fraction of sp³-hybridized carbons (Fsp3) is 0.843. The highest BCUT2D eigenvalue weighted by Gasteiger charge is 2.65. The van der Waals surface area contributed by atoms with Crippen LogP contribution in [0, 0.1) is 0 Å². The van der Waals surface area contributed by atoms with Crippen LogP contribution in [0.3, 0.4) is 0 Å². The molecule has 0 saturated carbocycles. The Morgan fingerprint density at radius 2 is 0.609 bits per heavy atom. The SMILES string of the molecule is CCCCCC(=O)OC/C(=C\C(=O)O)OC1OC(COS(=O)(=O)O)C(OC2OC(C(=O)O)C(OC3OC(COS(=O)(=O)O)C(OC4OC(C(=O)O)C(OC5OC(CS(=O)(=O)O)C(O)C(OC(=O)CCCCC)C5NS(=O)(=O)O)C(OC(=O)CCCCC)C4OS(=O)(=O)O)C(OC(=O)CCCCC)C3NS(=O)(=O)O)C(OC(=O)CCCCC)C2OS(=O)(=O)O)C(OC(=O)CCCCC)C1NS(=O)(=O)O. The molecule has 0 bridgehead atoms. The number of carboxylic acid groups (broad SMARTS) is 3. The molecule has 0 aromatic carbocycles. The summed E-state index contributed by atoms with van der Waals surface area (Å²) in [4.78, 5) is 125. The zero-order valence-corrected chi connectivity index (χ0v) is 80.8. The first-order valence-electron chi connectivity index (χ1n) is 42.5. The number of nitrogens with one attached hydrogen (secondary N) is 3. The summed E-state index contributed by atoms with van der Waals surface area (Å²) in [6.45, 7) is 4.66. The monoisotopic (exact) mass is 2170 g/mol. The number of aliphatic hydroxyl groups excluding tert-OH is 1. The minimum atomic E-state index is -6.47. The molecule has 5 aliphatic heterocycles. The van der Waals surface area contributed by atoms with Crippen molar-refractivity contribution in [1.29, 1.82) is 0 Å². The lowest BCUT2D eigenvalue weighted by atomic mass is 9.93. The maximum atomic E-state index is 14.6. The summed E-state index contributed by atoms with van der Waals surface area (Å²) in [6, 6.07) is -8.76. The van der Waals surface area contributed by atoms with E-state index in [4.69, 9.17) is 84.2 Å². The number of hydrogen-bond donors (Lipinski definition) is 15. The largest absolute Gasteiger partial charge is 0.479 e. The van der Waals surface area contributed by atoms with Gasteiger partial charge in [0.05, 0.1) is 19.3 Å². The van der Waals surface area contributed by atoms with Gasteiger partial charge in [-0.2, -0.15) is 81.5 Å². The topological polar surface area (TPSA) is 890 Å². The number of carbonyl (C=O) groups is 9. The van der Waals surface area contributed by atoms with Crippen LogP contribution in [0.25, 0.3) is 0 Å². The van der Waals surface area contributed by atoms with E-state index in [1.54, 1.807) is 41.5 Å². The molecule has 60 nitrogen and oxygen atoms in total. The Hall–Kier alpha value is -6.63. The molecule has 0 aromatic heterocycles. The van der Waals surface area contributed by atoms with Crippen LogP contribution in [0.1, 0.15) is 196 Å². The number of esters is 6. The molecule has 5 rings (SSSR count). The molecule has 25 unspecified atom stereocenters. The van der Waals surface area contributed by atoms with Gasteiger partial charge in [-0.15, -0.1) is 0 Å². The van der Waals surface area contributed by atoms with E-state index < -0.39 is 353 Å². The smallest absolute Gasteiger partial charge is 0.397 e. The Bertz CT molecular complexity index is 5030. The number of carbonyl (C=O) groups excluding carboxylic acids is 6. The molecule has 0 aromatic rings. The molecule has 0 amide bonds. The van der Waals surface area contributed by atoms with Gasteiger partial charge in [0.1, 0.15) is 85.1 Å². The van der Waals surface area contributed by atoms with Crippen LogP contribution in [0.15, 0.2) is 11.8 Å². The van der Waals surface area contributed by atoms with E-state index in [2.05, 4.69) is 8.37 Å². The number of carboxylic acids is 3. The lowest BCUT2D eigenvalue weighted by molar-refractivity contribution is -0.372. The van der Waals surface area contributed by atoms with Gasteiger partial charge in [0.2, 0.25) is 6.29 Å². The minimum absolute atomic E-state index is 0.00877. The zero-order valence-electron chi connectivity index (χ0n) is 74.3. The van der Waals surface area contributed by atoms with E-state index in [0.717, 1.165) is 0 Å². The van der Waals surface area contributed by atoms with Gasteiger partial charge in [0.25, 0.3) is 10.1 Å². The van der Waals surface area contributed by atoms with Gasteiger partial charge in [-0.25, -0.2) is 31.1 Å². The number of unbranched alkanes of at least 4 members (excludes halogenated alkanes) is 12. The second-order valence-electron chi connectivity index (χ2n) is 31.3. The number of hydrogen-bond acceptors (Lipinski definition) is 46. The first kappa shape index (κ1) is 122. The Morgan fingerprint density at radius 1 is 0.319 bits per heavy atom. The van der Waals surface area contributed by atoms with Crippen molar-refractivity contribution in [2.75, 3.05) is 25.6 Å². The number of ether oxygens (including phenoxy) is 16. The molecule has 25 atom stereocenters. The van der Waals surface area contributed by atoms with Gasteiger partial charge in [0.15, 0.2) is 80.1 Å². The average Bonchev–Trinajstić information content (AvgIpc) is 0.748. The van der Waals surface area contributed by atoms with Crippen molar-refractivity contribution < 1.29 is 260 Å². The normalized spacial score (nSPS) is 29.3. The van der Waals surface area contributed by atoms with Crippen LogP contribution in [0.2, 0.25) is 0 Å². The molecule has 5 saturated heterocycles. The number of rotatable bonds is 62. The summed E-state index contributed by atoms with van der Waals surface area (Å²) in [7, 11) is -48.5. The standard InChI is InChI=1S/C70H115N3O57S8/c1-7-13-19-25-41(76)111-32-36(31-40(74)75)114-66-48(72-133(93,94)95)54(119-43(78)27-21-15-9-3)51(37(115-66)33-112-135(99,100)101)123-69-63(130-138(108,109)110)59(122-46(81)30-24-18-12-6)57(61(128-69)65(85)86)126-68-49(73-134(96,97)98)55(120-44(79)28-22-16-10-4)52(38(116-68)34-113-136(102,103)104)124-70-62(129-137(105,106)107)58(121-45(80)29-23-17-11-5)56(60(127-70)64(83)84)125-67-47(71-132(90,91)92)53(118-42(77)26-20-14-8-2)50(82)39(117-67)35-131(87,88)89/h31,37-39,47-63,66-73,82H,7-30,32-35H2,1-6H3,(H,74,75)(H,83,84)(H,85,86)(H,87,88,89)(H,90,91,92)(H,93,94,95)(H,96,97,98)(H,99,100,101)(H,102,103,104)(H,105,106,107)(H,108,109,110)/b36-31+. The third-order valence-electron chi connectivity index (χ3n) is 20.2. The lowest BCUT2D eigenvalue weighted by Gasteiger charge is -2.51. The highest BCUT2D eigenvalue weighted by molar-refractivity contribution is 7.86. The Balaban J connectivity index is 1.93. The molecule has 0 spiro atoms. The molecule has 5 fully saturated rings. The third-order valence-corrected chi connectivity index (χ3v) is 24.5. The molecule has 5 heterocycles. The first-order valence-corrected chi connectivity index (χ1v) is 53.9. The van der Waals surface area contributed by atoms with Crippen LogP contribution in [0.5, 0.6) is 0 Å². The highest BCUT2D eigenvalue weighted by Crippen LogP contribution is 2.42. The van der Waals surface area contributed by atoms with E-state index in [0.29, 0.717) is 32.1 Å². The van der Waals surface area contributed by atoms with Gasteiger partial charge < -0.3 is 96.2 Å². The van der Waals surface area contributed by atoms with Gasteiger partial charge in [-0.3, -0.25) is 65.2 Å². The molecule has 15 N–H and O–H groups in total. The van der Waals surface area contributed by atoms with Crippen molar-refractivity contribution in [3.05, 3.63) is 11.8 Å². The van der Waals surface area contributed by atoms with E-state index in [1.165, 1.54) is 14.2 Å². The van der Waals surface area contributed by atoms with Crippen molar-refractivity contribution >= 4 is 136 Å². The van der Waals surface area contributed by atoms with Gasteiger partial charge >= 0.3 is 126 Å². The van der Waals surface area contributed by atoms with E-state index >= 15 is 0 Å². The molecule has 0 aliphatic carbocycles. The Labute approximate surface area is 792 Å². The molecule has 138 heavy (non-hydrogen) atoms. The van der Waals surface area contributed by atoms with Crippen LogP contribution in [-0.4, -0.2) is 357 Å². The summed E-state index contributed by atoms with van der Waals surface area (Å²) in [5, 5.41) is 44.3. The molecular weight excluding hydrogens is 2050 g/mol. The Morgan fingerprint density at radius 3 is 0.906 bits per heavy atom. The maximum Gasteiger partial charge on any atom is 0.397 e. The molecule has 68 heteroatoms. The van der Waals surface area contributed by atoms with Gasteiger partial charge in [-0.1, -0.05) is 119 Å². The summed E-state index contributed by atoms with van der Waals surface area (Å²) in [5.41, 5.74) is 0. The first-order chi connectivity index (χ1) is 64.0. The van der Waals surface area contributed by atoms with Crippen LogP contribution in [0.4, 0.5) is 0 Å². The summed E-state index contributed by atoms with van der Waals surface area (Å²) in [6.07, 6.45) is -69.1. The zero-order chi connectivity index (χ0) is 104. The quantitative estimate of drug-likeness (QED) is 0.00817. The highest BCUT2D eigenvalue weighted by atomic mass is 32.3. The van der Waals surface area contributed by atoms with Crippen molar-refractivity contribution in [2.45, 2.75) is 349 Å². The summed E-state index contributed by atoms with van der Waals surface area (Å²) >= 11 is 0. The van der Waals surface area contributed by atoms with Crippen LogP contribution >= 0.6 is 0 Å². The lowest BCUT2D eigenvalue weighted by Crippen LogP contribution is -2.72. The summed E-state index contributed by atoms with van der Waals surface area (Å²) in [5.74, 6) is -18.7. The fourth-order valence-electron chi connectivity index (χ4n) is 14.3. The molecule has 800 valence electrons. The fourth-order valence-corrected chi connectivity index (χ4v) is 18.4. The second-order valence-corrected chi connectivity index (χ2v) is 40.6. The molecule has 5 aliphatic rings. The van der Waals surface area contributed by atoms with Crippen molar-refractivity contribution in [3.63, 3.8) is 0 Å². The minimum Gasteiger partial charge on any atom is -0.479 e. The molecular formula is C70H115N3O57S8. The van der Waals surface area contributed by atoms with Crippen molar-refractivity contribution in [3.8, 4) is 0 Å². The Kier molecular flexibility index (Phi) is 49.0. The van der Waals surface area contributed by atoms with Crippen LogP contribution in [-0.2, 0) is 218 Å². The van der Waals surface area contributed by atoms with Gasteiger partial charge in [0, 0.05) is 38.5 Å². The molecule has 0 radical (unpaired) electrons. The number of aliphatic hydroxyl groups is 1. The summed E-state index contributed by atoms with van der Waals surface area (Å²) < 4.78 is 409. The van der Waals surface area contributed by atoms with Gasteiger partial charge in [-0.05, 0) is 38.5 Å². The van der Waals surface area contributed by atoms with E-state index in [-0.39, 0.29) is 96.0 Å². The van der Waals surface area contributed by atoms with E-state index in [1.807, 2.05) is 0 Å². The predicted molar refractivity (Wildman–Crippen MR) is 446 cm³/mol. The van der Waals surface area contributed by atoms with Crippen molar-refractivity contribution in [2.24, 2.45) is 0 Å². The number of aliphatic carboxylic acids is 3. The second kappa shape index (κ2) is 55.4. The van der Waals surface area contributed by atoms with Crippen molar-refractivity contribution in [1.82, 2.24) is 14.2 Å².